The molecule has 2 rings (SSSR count). The van der Waals surface area contributed by atoms with Crippen LogP contribution in [0, 0.1) is 0 Å². The summed E-state index contributed by atoms with van der Waals surface area (Å²) in [6, 6.07) is 1.80. The highest BCUT2D eigenvalue weighted by molar-refractivity contribution is 9.10. The van der Waals surface area contributed by atoms with Crippen molar-refractivity contribution in [3.8, 4) is 5.82 Å². The van der Waals surface area contributed by atoms with Gasteiger partial charge in [0.2, 0.25) is 0 Å². The highest BCUT2D eigenvalue weighted by Gasteiger charge is 2.16. The standard InChI is InChI=1S/C12H14BrClN4/c1-3-9-11(15)10(4-2)18(17-9)12-8(14)5-7(13)6-16-12/h5-6H,3-4,15H2,1-2H3. The van der Waals surface area contributed by atoms with Crippen LogP contribution in [0.3, 0.4) is 0 Å². The number of nitrogen functional groups attached to an aromatic ring is 1. The van der Waals surface area contributed by atoms with E-state index in [4.69, 9.17) is 17.3 Å². The number of nitrogens with two attached hydrogens (primary N) is 1. The maximum absolute atomic E-state index is 6.20. The molecule has 0 fully saturated rings. The molecule has 0 unspecified atom stereocenters. The molecule has 0 radical (unpaired) electrons. The highest BCUT2D eigenvalue weighted by atomic mass is 79.9. The average molecular weight is 330 g/mol. The first-order valence-electron chi connectivity index (χ1n) is 5.76. The third-order valence-electron chi connectivity index (χ3n) is 2.76. The van der Waals surface area contributed by atoms with Crippen molar-refractivity contribution in [2.45, 2.75) is 26.7 Å². The van der Waals surface area contributed by atoms with Crippen LogP contribution in [0.15, 0.2) is 16.7 Å². The zero-order chi connectivity index (χ0) is 13.3. The molecule has 0 aliphatic heterocycles. The zero-order valence-corrected chi connectivity index (χ0v) is 12.6. The van der Waals surface area contributed by atoms with Gasteiger partial charge in [0.25, 0.3) is 0 Å². The Bertz CT molecular complexity index is 580. The number of pyridine rings is 1. The third-order valence-corrected chi connectivity index (χ3v) is 3.47. The number of aromatic nitrogens is 3. The van der Waals surface area contributed by atoms with Gasteiger partial charge in [-0.15, -0.1) is 0 Å². The SMILES string of the molecule is CCc1nn(-c2ncc(Br)cc2Cl)c(CC)c1N. The summed E-state index contributed by atoms with van der Waals surface area (Å²) in [5.41, 5.74) is 8.65. The molecule has 0 atom stereocenters. The number of hydrogen-bond acceptors (Lipinski definition) is 3. The fourth-order valence-corrected chi connectivity index (χ4v) is 2.56. The summed E-state index contributed by atoms with van der Waals surface area (Å²) in [4.78, 5) is 4.31. The van der Waals surface area contributed by atoms with Gasteiger partial charge in [-0.3, -0.25) is 0 Å². The van der Waals surface area contributed by atoms with Gasteiger partial charge in [-0.2, -0.15) is 5.10 Å². The Kier molecular flexibility index (Phi) is 3.92. The Morgan fingerprint density at radius 3 is 2.67 bits per heavy atom. The predicted octanol–water partition coefficient (Wildman–Crippen LogP) is 3.39. The Morgan fingerprint density at radius 2 is 2.11 bits per heavy atom. The molecule has 0 amide bonds. The second kappa shape index (κ2) is 5.28. The topological polar surface area (TPSA) is 56.7 Å². The fourth-order valence-electron chi connectivity index (χ4n) is 1.86. The van der Waals surface area contributed by atoms with Crippen LogP contribution in [0.25, 0.3) is 5.82 Å². The highest BCUT2D eigenvalue weighted by Crippen LogP contribution is 2.26. The first-order valence-corrected chi connectivity index (χ1v) is 6.93. The molecule has 96 valence electrons. The van der Waals surface area contributed by atoms with Crippen molar-refractivity contribution in [3.05, 3.63) is 33.1 Å². The molecule has 2 N–H and O–H groups in total. The summed E-state index contributed by atoms with van der Waals surface area (Å²) in [6.45, 7) is 4.06. The summed E-state index contributed by atoms with van der Waals surface area (Å²) in [7, 11) is 0. The summed E-state index contributed by atoms with van der Waals surface area (Å²) in [6.07, 6.45) is 3.27. The van der Waals surface area contributed by atoms with Gasteiger partial charge >= 0.3 is 0 Å². The van der Waals surface area contributed by atoms with Crippen molar-refractivity contribution in [2.75, 3.05) is 5.73 Å². The van der Waals surface area contributed by atoms with Crippen molar-refractivity contribution in [1.82, 2.24) is 14.8 Å². The molecule has 0 aliphatic carbocycles. The van der Waals surface area contributed by atoms with Crippen LogP contribution in [0.1, 0.15) is 25.2 Å². The number of rotatable bonds is 3. The average Bonchev–Trinajstić information content (AvgIpc) is 2.65. The van der Waals surface area contributed by atoms with Gasteiger partial charge in [0.15, 0.2) is 5.82 Å². The molecule has 0 saturated carbocycles. The molecule has 2 aromatic rings. The minimum atomic E-state index is 0.546. The van der Waals surface area contributed by atoms with Crippen LogP contribution in [0.4, 0.5) is 5.69 Å². The van der Waals surface area contributed by atoms with E-state index in [1.807, 2.05) is 13.8 Å². The van der Waals surface area contributed by atoms with Gasteiger partial charge in [-0.05, 0) is 34.8 Å². The van der Waals surface area contributed by atoms with E-state index in [2.05, 4.69) is 26.0 Å². The smallest absolute Gasteiger partial charge is 0.172 e. The van der Waals surface area contributed by atoms with Crippen molar-refractivity contribution >= 4 is 33.2 Å². The van der Waals surface area contributed by atoms with Crippen molar-refractivity contribution in [2.24, 2.45) is 0 Å². The number of aryl methyl sites for hydroxylation is 1. The lowest BCUT2D eigenvalue weighted by Crippen LogP contribution is -2.05. The van der Waals surface area contributed by atoms with Crippen LogP contribution in [-0.4, -0.2) is 14.8 Å². The summed E-state index contributed by atoms with van der Waals surface area (Å²) >= 11 is 9.54. The van der Waals surface area contributed by atoms with Gasteiger partial charge in [-0.1, -0.05) is 25.4 Å². The molecule has 2 aromatic heterocycles. The Hall–Kier alpha value is -1.07. The number of hydrogen-bond donors (Lipinski definition) is 1. The lowest BCUT2D eigenvalue weighted by atomic mass is 10.2. The minimum absolute atomic E-state index is 0.546. The molecule has 0 aliphatic rings. The molecule has 0 aromatic carbocycles. The Balaban J connectivity index is 2.63. The van der Waals surface area contributed by atoms with Gasteiger partial charge in [0.1, 0.15) is 0 Å². The van der Waals surface area contributed by atoms with Crippen LogP contribution in [-0.2, 0) is 12.8 Å². The van der Waals surface area contributed by atoms with E-state index in [9.17, 15) is 0 Å². The molecule has 0 saturated heterocycles. The Morgan fingerprint density at radius 1 is 1.39 bits per heavy atom. The van der Waals surface area contributed by atoms with Crippen molar-refractivity contribution in [3.63, 3.8) is 0 Å². The molecule has 4 nitrogen and oxygen atoms in total. The Labute approximate surface area is 119 Å². The molecular weight excluding hydrogens is 316 g/mol. The molecule has 0 spiro atoms. The van der Waals surface area contributed by atoms with Crippen LogP contribution >= 0.6 is 27.5 Å². The number of nitrogens with zero attached hydrogens (tertiary/aromatic N) is 3. The predicted molar refractivity (Wildman–Crippen MR) is 77.2 cm³/mol. The summed E-state index contributed by atoms with van der Waals surface area (Å²) in [5.74, 6) is 0.614. The number of halogens is 2. The van der Waals surface area contributed by atoms with Crippen molar-refractivity contribution < 1.29 is 0 Å². The van der Waals surface area contributed by atoms with E-state index in [0.717, 1.165) is 34.4 Å². The van der Waals surface area contributed by atoms with E-state index < -0.39 is 0 Å². The lowest BCUT2D eigenvalue weighted by Gasteiger charge is -2.07. The first-order chi connectivity index (χ1) is 8.58. The molecule has 2 heterocycles. The molecular formula is C12H14BrClN4. The third kappa shape index (κ3) is 2.24. The van der Waals surface area contributed by atoms with E-state index >= 15 is 0 Å². The van der Waals surface area contributed by atoms with Crippen molar-refractivity contribution in [1.29, 1.82) is 0 Å². The largest absolute Gasteiger partial charge is 0.396 e. The van der Waals surface area contributed by atoms with Gasteiger partial charge in [0, 0.05) is 10.7 Å². The van der Waals surface area contributed by atoms with E-state index in [-0.39, 0.29) is 0 Å². The summed E-state index contributed by atoms with van der Waals surface area (Å²) in [5, 5.41) is 5.03. The lowest BCUT2D eigenvalue weighted by molar-refractivity contribution is 0.772. The second-order valence-corrected chi connectivity index (χ2v) is 5.21. The quantitative estimate of drug-likeness (QED) is 0.939. The monoisotopic (exact) mass is 328 g/mol. The van der Waals surface area contributed by atoms with Gasteiger partial charge in [0.05, 0.1) is 22.1 Å². The van der Waals surface area contributed by atoms with E-state index in [1.54, 1.807) is 16.9 Å². The maximum atomic E-state index is 6.20. The normalized spacial score (nSPS) is 10.9. The van der Waals surface area contributed by atoms with Gasteiger partial charge < -0.3 is 5.73 Å². The van der Waals surface area contributed by atoms with E-state index in [0.29, 0.717) is 10.8 Å². The maximum Gasteiger partial charge on any atom is 0.172 e. The van der Waals surface area contributed by atoms with Crippen LogP contribution < -0.4 is 5.73 Å². The first kappa shape index (κ1) is 13.4. The summed E-state index contributed by atoms with van der Waals surface area (Å²) < 4.78 is 2.58. The van der Waals surface area contributed by atoms with E-state index in [1.165, 1.54) is 0 Å². The fraction of sp³-hybridized carbons (Fsp3) is 0.333. The van der Waals surface area contributed by atoms with Crippen LogP contribution in [0.2, 0.25) is 5.02 Å². The van der Waals surface area contributed by atoms with Crippen LogP contribution in [0.5, 0.6) is 0 Å². The number of anilines is 1. The zero-order valence-electron chi connectivity index (χ0n) is 10.2. The van der Waals surface area contributed by atoms with Gasteiger partial charge in [-0.25, -0.2) is 9.67 Å². The second-order valence-electron chi connectivity index (χ2n) is 3.88. The molecule has 6 heteroatoms. The molecule has 18 heavy (non-hydrogen) atoms. The molecule has 0 bridgehead atoms. The minimum Gasteiger partial charge on any atom is -0.396 e.